The van der Waals surface area contributed by atoms with Crippen LogP contribution in [0.25, 0.3) is 0 Å². The van der Waals surface area contributed by atoms with Crippen LogP contribution in [-0.4, -0.2) is 12.7 Å². The van der Waals surface area contributed by atoms with Gasteiger partial charge in [-0.15, -0.1) is 0 Å². The number of benzene rings is 1. The molecule has 0 radical (unpaired) electrons. The monoisotopic (exact) mass is 229 g/mol. The van der Waals surface area contributed by atoms with Crippen LogP contribution in [-0.2, 0) is 0 Å². The van der Waals surface area contributed by atoms with E-state index >= 15 is 0 Å². The lowest BCUT2D eigenvalue weighted by atomic mass is 9.88. The van der Waals surface area contributed by atoms with Gasteiger partial charge in [-0.3, -0.25) is 0 Å². The third-order valence-electron chi connectivity index (χ3n) is 3.07. The maximum Gasteiger partial charge on any atom is 0.391 e. The van der Waals surface area contributed by atoms with E-state index in [4.69, 9.17) is 0 Å². The van der Waals surface area contributed by atoms with Gasteiger partial charge in [0.05, 0.1) is 5.92 Å². The number of rotatable bonds is 1. The molecular formula is C12H14F3N. The maximum atomic E-state index is 12.6. The van der Waals surface area contributed by atoms with E-state index in [0.29, 0.717) is 6.54 Å². The highest BCUT2D eigenvalue weighted by Gasteiger charge is 2.42. The summed E-state index contributed by atoms with van der Waals surface area (Å²) in [5.41, 5.74) is 0.941. The Kier molecular flexibility index (Phi) is 3.19. The standard InChI is InChI=1S/C12H14F3N/c13-12(14,15)10-6-7-16-11(8-10)9-4-2-1-3-5-9/h1-5,10-11,16H,6-8H2. The highest BCUT2D eigenvalue weighted by molar-refractivity contribution is 5.19. The van der Waals surface area contributed by atoms with Gasteiger partial charge in [-0.05, 0) is 24.9 Å². The number of alkyl halides is 3. The summed E-state index contributed by atoms with van der Waals surface area (Å²) in [7, 11) is 0. The fourth-order valence-corrected chi connectivity index (χ4v) is 2.15. The molecule has 1 aromatic carbocycles. The molecule has 0 spiro atoms. The molecule has 2 rings (SSSR count). The number of nitrogens with one attached hydrogen (secondary N) is 1. The summed E-state index contributed by atoms with van der Waals surface area (Å²) in [4.78, 5) is 0. The van der Waals surface area contributed by atoms with E-state index in [2.05, 4.69) is 5.32 Å². The molecule has 2 atom stereocenters. The van der Waals surface area contributed by atoms with Gasteiger partial charge in [0.15, 0.2) is 0 Å². The number of piperidine rings is 1. The fourth-order valence-electron chi connectivity index (χ4n) is 2.15. The molecule has 1 aliphatic heterocycles. The molecule has 1 heterocycles. The highest BCUT2D eigenvalue weighted by atomic mass is 19.4. The Hall–Kier alpha value is -1.03. The van der Waals surface area contributed by atoms with E-state index in [9.17, 15) is 13.2 Å². The van der Waals surface area contributed by atoms with Crippen LogP contribution in [0, 0.1) is 5.92 Å². The van der Waals surface area contributed by atoms with E-state index < -0.39 is 12.1 Å². The predicted molar refractivity (Wildman–Crippen MR) is 56.0 cm³/mol. The van der Waals surface area contributed by atoms with Crippen LogP contribution in [0.1, 0.15) is 24.4 Å². The quantitative estimate of drug-likeness (QED) is 0.779. The van der Waals surface area contributed by atoms with Crippen LogP contribution in [0.2, 0.25) is 0 Å². The first-order chi connectivity index (χ1) is 7.57. The molecule has 1 saturated heterocycles. The van der Waals surface area contributed by atoms with Gasteiger partial charge >= 0.3 is 6.18 Å². The van der Waals surface area contributed by atoms with Crippen molar-refractivity contribution in [3.05, 3.63) is 35.9 Å². The Morgan fingerprint density at radius 1 is 1.12 bits per heavy atom. The van der Waals surface area contributed by atoms with Crippen molar-refractivity contribution in [2.24, 2.45) is 5.92 Å². The predicted octanol–water partition coefficient (Wildman–Crippen LogP) is 3.29. The lowest BCUT2D eigenvalue weighted by Gasteiger charge is -2.31. The molecule has 0 aliphatic carbocycles. The van der Waals surface area contributed by atoms with Gasteiger partial charge in [-0.1, -0.05) is 30.3 Å². The second kappa shape index (κ2) is 4.45. The van der Waals surface area contributed by atoms with Gasteiger partial charge < -0.3 is 5.32 Å². The Bertz CT molecular complexity index is 334. The fraction of sp³-hybridized carbons (Fsp3) is 0.500. The van der Waals surface area contributed by atoms with Crippen molar-refractivity contribution in [3.63, 3.8) is 0 Å². The van der Waals surface area contributed by atoms with Crippen molar-refractivity contribution in [1.82, 2.24) is 5.32 Å². The zero-order chi connectivity index (χ0) is 11.6. The molecule has 0 aromatic heterocycles. The number of hydrogen-bond donors (Lipinski definition) is 1. The van der Waals surface area contributed by atoms with Crippen molar-refractivity contribution in [2.75, 3.05) is 6.54 Å². The summed E-state index contributed by atoms with van der Waals surface area (Å²) in [5, 5.41) is 3.14. The molecule has 1 nitrogen and oxygen atoms in total. The molecule has 1 fully saturated rings. The van der Waals surface area contributed by atoms with Gasteiger partial charge in [-0.25, -0.2) is 0 Å². The molecule has 0 amide bonds. The van der Waals surface area contributed by atoms with Gasteiger partial charge in [0, 0.05) is 6.04 Å². The van der Waals surface area contributed by atoms with Gasteiger partial charge in [-0.2, -0.15) is 13.2 Å². The molecule has 16 heavy (non-hydrogen) atoms. The van der Waals surface area contributed by atoms with E-state index in [1.165, 1.54) is 0 Å². The Labute approximate surface area is 92.7 Å². The van der Waals surface area contributed by atoms with Crippen molar-refractivity contribution in [2.45, 2.75) is 25.1 Å². The minimum atomic E-state index is -4.06. The lowest BCUT2D eigenvalue weighted by Crippen LogP contribution is -2.37. The van der Waals surface area contributed by atoms with E-state index in [1.807, 2.05) is 30.3 Å². The van der Waals surface area contributed by atoms with Crippen molar-refractivity contribution < 1.29 is 13.2 Å². The first-order valence-corrected chi connectivity index (χ1v) is 5.42. The highest BCUT2D eigenvalue weighted by Crippen LogP contribution is 2.37. The van der Waals surface area contributed by atoms with Crippen molar-refractivity contribution >= 4 is 0 Å². The van der Waals surface area contributed by atoms with Crippen molar-refractivity contribution in [1.29, 1.82) is 0 Å². The molecule has 0 saturated carbocycles. The Balaban J connectivity index is 2.08. The number of halogens is 3. The molecule has 4 heteroatoms. The zero-order valence-corrected chi connectivity index (χ0v) is 8.80. The van der Waals surface area contributed by atoms with Crippen LogP contribution in [0.15, 0.2) is 30.3 Å². The SMILES string of the molecule is FC(F)(F)C1CCNC(c2ccccc2)C1. The summed E-state index contributed by atoms with van der Waals surface area (Å²) >= 11 is 0. The van der Waals surface area contributed by atoms with Crippen LogP contribution < -0.4 is 5.32 Å². The summed E-state index contributed by atoms with van der Waals surface area (Å²) in [6.45, 7) is 0.434. The molecular weight excluding hydrogens is 215 g/mol. The Morgan fingerprint density at radius 2 is 1.81 bits per heavy atom. The molecule has 1 aromatic rings. The van der Waals surface area contributed by atoms with Crippen LogP contribution in [0.3, 0.4) is 0 Å². The van der Waals surface area contributed by atoms with Crippen molar-refractivity contribution in [3.8, 4) is 0 Å². The molecule has 0 bridgehead atoms. The molecule has 1 aliphatic rings. The maximum absolute atomic E-state index is 12.6. The Morgan fingerprint density at radius 3 is 2.44 bits per heavy atom. The molecule has 2 unspecified atom stereocenters. The topological polar surface area (TPSA) is 12.0 Å². The van der Waals surface area contributed by atoms with E-state index in [0.717, 1.165) is 5.56 Å². The first kappa shape index (κ1) is 11.5. The summed E-state index contributed by atoms with van der Waals surface area (Å²) < 4.78 is 37.8. The van der Waals surface area contributed by atoms with Gasteiger partial charge in [0.25, 0.3) is 0 Å². The van der Waals surface area contributed by atoms with Crippen LogP contribution in [0.5, 0.6) is 0 Å². The second-order valence-corrected chi connectivity index (χ2v) is 4.18. The minimum absolute atomic E-state index is 0.146. The minimum Gasteiger partial charge on any atom is -0.310 e. The normalized spacial score (nSPS) is 26.7. The van der Waals surface area contributed by atoms with E-state index in [-0.39, 0.29) is 18.9 Å². The average molecular weight is 229 g/mol. The number of hydrogen-bond acceptors (Lipinski definition) is 1. The molecule has 88 valence electrons. The summed E-state index contributed by atoms with van der Waals surface area (Å²) in [5.74, 6) is -1.17. The van der Waals surface area contributed by atoms with Crippen LogP contribution >= 0.6 is 0 Å². The smallest absolute Gasteiger partial charge is 0.310 e. The second-order valence-electron chi connectivity index (χ2n) is 4.18. The third kappa shape index (κ3) is 2.55. The summed E-state index contributed by atoms with van der Waals surface area (Å²) in [6.07, 6.45) is -3.73. The van der Waals surface area contributed by atoms with Gasteiger partial charge in [0.1, 0.15) is 0 Å². The largest absolute Gasteiger partial charge is 0.391 e. The van der Waals surface area contributed by atoms with Crippen LogP contribution in [0.4, 0.5) is 13.2 Å². The molecule has 1 N–H and O–H groups in total. The zero-order valence-electron chi connectivity index (χ0n) is 8.80. The lowest BCUT2D eigenvalue weighted by molar-refractivity contribution is -0.183. The average Bonchev–Trinajstić information content (AvgIpc) is 2.29. The van der Waals surface area contributed by atoms with E-state index in [1.54, 1.807) is 0 Å². The van der Waals surface area contributed by atoms with Gasteiger partial charge in [0.2, 0.25) is 0 Å². The first-order valence-electron chi connectivity index (χ1n) is 5.42. The third-order valence-corrected chi connectivity index (χ3v) is 3.07. The summed E-state index contributed by atoms with van der Waals surface area (Å²) in [6, 6.07) is 9.16.